The fourth-order valence-electron chi connectivity index (χ4n) is 0.959. The molecular weight excluding hydrogens is 190 g/mol. The summed E-state index contributed by atoms with van der Waals surface area (Å²) in [7, 11) is 1.36. The Morgan fingerprint density at radius 2 is 2.21 bits per heavy atom. The number of non-ortho nitro benzene ring substituents is 1. The maximum atomic E-state index is 10.4. The molecule has 0 saturated carbocycles. The van der Waals surface area contributed by atoms with Gasteiger partial charge in [-0.2, -0.15) is 0 Å². The van der Waals surface area contributed by atoms with Gasteiger partial charge in [-0.25, -0.2) is 0 Å². The third-order valence-electron chi connectivity index (χ3n) is 1.58. The van der Waals surface area contributed by atoms with E-state index in [0.29, 0.717) is 0 Å². The van der Waals surface area contributed by atoms with Crippen molar-refractivity contribution in [1.82, 2.24) is 0 Å². The van der Waals surface area contributed by atoms with Crippen LogP contribution >= 0.6 is 0 Å². The Balaban J connectivity index is 3.04. The molecule has 0 saturated heterocycles. The van der Waals surface area contributed by atoms with Crippen molar-refractivity contribution in [3.05, 3.63) is 28.3 Å². The maximum Gasteiger partial charge on any atom is 0.273 e. The standard InChI is InChI=1S/C8H9NO5/c1-13-8-4-6(9(11)12)2-3-7(8)14-5-10/h2-4,10H,5H2,1H3. The van der Waals surface area contributed by atoms with E-state index in [9.17, 15) is 10.1 Å². The molecule has 0 radical (unpaired) electrons. The lowest BCUT2D eigenvalue weighted by atomic mass is 10.3. The van der Waals surface area contributed by atoms with Crippen LogP contribution in [-0.2, 0) is 0 Å². The number of nitro benzene ring substituents is 1. The first-order chi connectivity index (χ1) is 6.69. The number of hydrogen-bond acceptors (Lipinski definition) is 5. The molecule has 6 heteroatoms. The first-order valence-corrected chi connectivity index (χ1v) is 3.75. The van der Waals surface area contributed by atoms with Crippen LogP contribution < -0.4 is 9.47 Å². The van der Waals surface area contributed by atoms with E-state index in [1.54, 1.807) is 0 Å². The van der Waals surface area contributed by atoms with Gasteiger partial charge in [0.25, 0.3) is 5.69 Å². The molecule has 14 heavy (non-hydrogen) atoms. The van der Waals surface area contributed by atoms with Crippen molar-refractivity contribution >= 4 is 5.69 Å². The minimum absolute atomic E-state index is 0.0906. The Morgan fingerprint density at radius 1 is 1.50 bits per heavy atom. The van der Waals surface area contributed by atoms with E-state index in [1.807, 2.05) is 0 Å². The smallest absolute Gasteiger partial charge is 0.273 e. The largest absolute Gasteiger partial charge is 0.493 e. The molecule has 1 aromatic carbocycles. The highest BCUT2D eigenvalue weighted by Gasteiger charge is 2.11. The predicted molar refractivity (Wildman–Crippen MR) is 47.4 cm³/mol. The van der Waals surface area contributed by atoms with Crippen LogP contribution in [0.25, 0.3) is 0 Å². The molecule has 0 aliphatic rings. The first kappa shape index (κ1) is 10.3. The van der Waals surface area contributed by atoms with Gasteiger partial charge in [-0.15, -0.1) is 0 Å². The lowest BCUT2D eigenvalue weighted by molar-refractivity contribution is -0.385. The molecule has 1 rings (SSSR count). The molecule has 1 N–H and O–H groups in total. The summed E-state index contributed by atoms with van der Waals surface area (Å²) in [6, 6.07) is 3.87. The van der Waals surface area contributed by atoms with Gasteiger partial charge in [-0.05, 0) is 6.07 Å². The zero-order chi connectivity index (χ0) is 10.6. The molecule has 76 valence electrons. The molecule has 6 nitrogen and oxygen atoms in total. The summed E-state index contributed by atoms with van der Waals surface area (Å²) in [5.41, 5.74) is -0.0906. The van der Waals surface area contributed by atoms with Crippen molar-refractivity contribution in [2.75, 3.05) is 13.9 Å². The number of benzene rings is 1. The molecule has 0 aromatic heterocycles. The van der Waals surface area contributed by atoms with Crippen LogP contribution in [0.15, 0.2) is 18.2 Å². The molecular formula is C8H9NO5. The van der Waals surface area contributed by atoms with Crippen molar-refractivity contribution in [2.24, 2.45) is 0 Å². The molecule has 0 atom stereocenters. The predicted octanol–water partition coefficient (Wildman–Crippen LogP) is 0.932. The van der Waals surface area contributed by atoms with Gasteiger partial charge in [0.1, 0.15) is 0 Å². The zero-order valence-corrected chi connectivity index (χ0v) is 7.47. The highest BCUT2D eigenvalue weighted by Crippen LogP contribution is 2.30. The molecule has 0 heterocycles. The number of rotatable bonds is 4. The van der Waals surface area contributed by atoms with E-state index in [4.69, 9.17) is 14.6 Å². The molecule has 0 spiro atoms. The molecule has 0 unspecified atom stereocenters. The van der Waals surface area contributed by atoms with Crippen molar-refractivity contribution in [2.45, 2.75) is 0 Å². The Morgan fingerprint density at radius 3 is 2.71 bits per heavy atom. The number of nitrogens with zero attached hydrogens (tertiary/aromatic N) is 1. The van der Waals surface area contributed by atoms with Gasteiger partial charge >= 0.3 is 0 Å². The molecule has 1 aromatic rings. The fraction of sp³-hybridized carbons (Fsp3) is 0.250. The summed E-state index contributed by atoms with van der Waals surface area (Å²) in [5.74, 6) is 0.480. The molecule has 0 aliphatic heterocycles. The van der Waals surface area contributed by atoms with E-state index >= 15 is 0 Å². The van der Waals surface area contributed by atoms with Crippen LogP contribution in [0.4, 0.5) is 5.69 Å². The minimum Gasteiger partial charge on any atom is -0.493 e. The second-order valence-corrected chi connectivity index (χ2v) is 2.37. The Bertz CT molecular complexity index is 339. The fourth-order valence-corrected chi connectivity index (χ4v) is 0.959. The van der Waals surface area contributed by atoms with Crippen LogP contribution in [0.3, 0.4) is 0 Å². The number of aliphatic hydroxyl groups is 1. The summed E-state index contributed by atoms with van der Waals surface area (Å²) < 4.78 is 9.62. The van der Waals surface area contributed by atoms with E-state index in [1.165, 1.54) is 25.3 Å². The Hall–Kier alpha value is -1.82. The normalized spacial score (nSPS) is 9.57. The number of aliphatic hydroxyl groups excluding tert-OH is 1. The second-order valence-electron chi connectivity index (χ2n) is 2.37. The van der Waals surface area contributed by atoms with Gasteiger partial charge in [0.15, 0.2) is 18.3 Å². The van der Waals surface area contributed by atoms with E-state index < -0.39 is 11.7 Å². The van der Waals surface area contributed by atoms with E-state index in [-0.39, 0.29) is 17.2 Å². The molecule has 0 fully saturated rings. The quantitative estimate of drug-likeness (QED) is 0.443. The van der Waals surface area contributed by atoms with Gasteiger partial charge in [-0.3, -0.25) is 10.1 Å². The van der Waals surface area contributed by atoms with Gasteiger partial charge in [0.2, 0.25) is 0 Å². The van der Waals surface area contributed by atoms with Crippen molar-refractivity contribution in [3.63, 3.8) is 0 Å². The summed E-state index contributed by atoms with van der Waals surface area (Å²) in [6.07, 6.45) is 0. The highest BCUT2D eigenvalue weighted by molar-refractivity contribution is 5.48. The maximum absolute atomic E-state index is 10.4. The lowest BCUT2D eigenvalue weighted by Crippen LogP contribution is -1.98. The van der Waals surface area contributed by atoms with Gasteiger partial charge in [-0.1, -0.05) is 0 Å². The summed E-state index contributed by atoms with van der Waals surface area (Å²) in [5, 5.41) is 18.9. The lowest BCUT2D eigenvalue weighted by Gasteiger charge is -2.07. The summed E-state index contributed by atoms with van der Waals surface area (Å²) in [6.45, 7) is -0.506. The van der Waals surface area contributed by atoms with Crippen molar-refractivity contribution in [1.29, 1.82) is 0 Å². The van der Waals surface area contributed by atoms with Crippen LogP contribution in [0.1, 0.15) is 0 Å². The van der Waals surface area contributed by atoms with Crippen molar-refractivity contribution < 1.29 is 19.5 Å². The topological polar surface area (TPSA) is 81.8 Å². The van der Waals surface area contributed by atoms with Crippen LogP contribution in [-0.4, -0.2) is 23.9 Å². The third-order valence-corrected chi connectivity index (χ3v) is 1.58. The number of ether oxygens (including phenoxy) is 2. The van der Waals surface area contributed by atoms with Crippen LogP contribution in [0, 0.1) is 10.1 Å². The number of nitro groups is 1. The van der Waals surface area contributed by atoms with Crippen molar-refractivity contribution in [3.8, 4) is 11.5 Å². The first-order valence-electron chi connectivity index (χ1n) is 3.75. The summed E-state index contributed by atoms with van der Waals surface area (Å²) >= 11 is 0. The average Bonchev–Trinajstić information content (AvgIpc) is 2.18. The van der Waals surface area contributed by atoms with Gasteiger partial charge in [0.05, 0.1) is 18.1 Å². The van der Waals surface area contributed by atoms with E-state index in [0.717, 1.165) is 0 Å². The summed E-state index contributed by atoms with van der Waals surface area (Å²) in [4.78, 5) is 9.86. The molecule has 0 bridgehead atoms. The molecule has 0 aliphatic carbocycles. The van der Waals surface area contributed by atoms with Gasteiger partial charge < -0.3 is 14.6 Å². The van der Waals surface area contributed by atoms with Crippen LogP contribution in [0.5, 0.6) is 11.5 Å². The SMILES string of the molecule is COc1cc([N+](=O)[O-])ccc1OCO. The Labute approximate surface area is 79.8 Å². The number of methoxy groups -OCH3 is 1. The molecule has 0 amide bonds. The van der Waals surface area contributed by atoms with E-state index in [2.05, 4.69) is 0 Å². The number of hydrogen-bond donors (Lipinski definition) is 1. The average molecular weight is 199 g/mol. The third kappa shape index (κ3) is 2.11. The monoisotopic (exact) mass is 199 g/mol. The second kappa shape index (κ2) is 4.43. The minimum atomic E-state index is -0.536. The Kier molecular flexibility index (Phi) is 3.24. The van der Waals surface area contributed by atoms with Gasteiger partial charge in [0, 0.05) is 6.07 Å². The van der Waals surface area contributed by atoms with Crippen LogP contribution in [0.2, 0.25) is 0 Å². The highest BCUT2D eigenvalue weighted by atomic mass is 16.6. The zero-order valence-electron chi connectivity index (χ0n) is 7.47.